The van der Waals surface area contributed by atoms with Crippen LogP contribution in [0.5, 0.6) is 5.75 Å². The summed E-state index contributed by atoms with van der Waals surface area (Å²) in [5.41, 5.74) is 6.28. The molecule has 1 aromatic carbocycles. The third kappa shape index (κ3) is 5.60. The van der Waals surface area contributed by atoms with Gasteiger partial charge in [0.15, 0.2) is 15.9 Å². The van der Waals surface area contributed by atoms with Crippen molar-refractivity contribution in [1.82, 2.24) is 10.9 Å². The van der Waals surface area contributed by atoms with Gasteiger partial charge in [-0.3, -0.25) is 20.4 Å². The standard InChI is InChI=1S/C17H23ClN2O5S/c1-10-6-14(7-11(2)16(10)18)25-12(3)17(22)20-19-15(21)8-13-4-5-26(23,24)9-13/h6-7,12-13H,4-5,8-9H2,1-3H3,(H,19,21)(H,20,22)/t12-,13+/m0/s1. The van der Waals surface area contributed by atoms with Gasteiger partial charge in [0.05, 0.1) is 11.5 Å². The lowest BCUT2D eigenvalue weighted by molar-refractivity contribution is -0.133. The lowest BCUT2D eigenvalue weighted by Crippen LogP contribution is -2.47. The van der Waals surface area contributed by atoms with E-state index in [0.717, 1.165) is 11.1 Å². The van der Waals surface area contributed by atoms with Crippen LogP contribution in [0.1, 0.15) is 30.9 Å². The summed E-state index contributed by atoms with van der Waals surface area (Å²) < 4.78 is 28.4. The molecule has 144 valence electrons. The fourth-order valence-electron chi connectivity index (χ4n) is 2.81. The number of amides is 2. The summed E-state index contributed by atoms with van der Waals surface area (Å²) in [6.45, 7) is 5.25. The number of benzene rings is 1. The maximum absolute atomic E-state index is 12.1. The Labute approximate surface area is 158 Å². The van der Waals surface area contributed by atoms with Crippen molar-refractivity contribution in [3.8, 4) is 5.75 Å². The van der Waals surface area contributed by atoms with E-state index in [2.05, 4.69) is 10.9 Å². The Morgan fingerprint density at radius 2 is 1.88 bits per heavy atom. The second-order valence-electron chi connectivity index (χ2n) is 6.64. The van der Waals surface area contributed by atoms with Crippen LogP contribution >= 0.6 is 11.6 Å². The Morgan fingerprint density at radius 3 is 2.42 bits per heavy atom. The number of sulfone groups is 1. The number of ether oxygens (including phenoxy) is 1. The third-order valence-corrected chi connectivity index (χ3v) is 6.65. The van der Waals surface area contributed by atoms with E-state index in [1.807, 2.05) is 13.8 Å². The zero-order chi connectivity index (χ0) is 19.5. The minimum Gasteiger partial charge on any atom is -0.481 e. The van der Waals surface area contributed by atoms with Gasteiger partial charge >= 0.3 is 0 Å². The Balaban J connectivity index is 1.81. The summed E-state index contributed by atoms with van der Waals surface area (Å²) in [5.74, 6) is -0.501. The van der Waals surface area contributed by atoms with Gasteiger partial charge in [0, 0.05) is 11.4 Å². The van der Waals surface area contributed by atoms with Gasteiger partial charge in [-0.2, -0.15) is 0 Å². The first-order valence-electron chi connectivity index (χ1n) is 8.30. The average molecular weight is 403 g/mol. The van der Waals surface area contributed by atoms with Gasteiger partial charge < -0.3 is 4.74 Å². The van der Waals surface area contributed by atoms with Crippen LogP contribution in [-0.4, -0.2) is 37.8 Å². The number of hydrogen-bond acceptors (Lipinski definition) is 5. The molecule has 1 aromatic rings. The molecular formula is C17H23ClN2O5S. The summed E-state index contributed by atoms with van der Waals surface area (Å²) in [4.78, 5) is 23.9. The summed E-state index contributed by atoms with van der Waals surface area (Å²) in [7, 11) is -3.03. The van der Waals surface area contributed by atoms with Crippen LogP contribution in [0.25, 0.3) is 0 Å². The zero-order valence-corrected chi connectivity index (χ0v) is 16.5. The summed E-state index contributed by atoms with van der Waals surface area (Å²) in [6, 6.07) is 3.47. The normalized spacial score (nSPS) is 19.6. The second-order valence-corrected chi connectivity index (χ2v) is 9.25. The van der Waals surface area contributed by atoms with Crippen molar-refractivity contribution in [3.05, 3.63) is 28.3 Å². The molecule has 2 amide bonds. The number of nitrogens with one attached hydrogen (secondary N) is 2. The van der Waals surface area contributed by atoms with Crippen LogP contribution in [0.4, 0.5) is 0 Å². The molecule has 0 aliphatic carbocycles. The highest BCUT2D eigenvalue weighted by atomic mass is 35.5. The van der Waals surface area contributed by atoms with Gasteiger partial charge in [-0.1, -0.05) is 11.6 Å². The van der Waals surface area contributed by atoms with E-state index in [4.69, 9.17) is 16.3 Å². The predicted octanol–water partition coefficient (Wildman–Crippen LogP) is 1.70. The molecule has 1 saturated heterocycles. The fraction of sp³-hybridized carbons (Fsp3) is 0.529. The van der Waals surface area contributed by atoms with Gasteiger partial charge in [-0.05, 0) is 56.4 Å². The zero-order valence-electron chi connectivity index (χ0n) is 15.0. The number of carbonyl (C=O) groups is 2. The highest BCUT2D eigenvalue weighted by Crippen LogP contribution is 2.26. The van der Waals surface area contributed by atoms with E-state index < -0.39 is 27.8 Å². The SMILES string of the molecule is Cc1cc(O[C@@H](C)C(=O)NNC(=O)C[C@H]2CCS(=O)(=O)C2)cc(C)c1Cl. The topological polar surface area (TPSA) is 102 Å². The smallest absolute Gasteiger partial charge is 0.279 e. The van der Waals surface area contributed by atoms with Crippen LogP contribution in [0.2, 0.25) is 5.02 Å². The van der Waals surface area contributed by atoms with Crippen molar-refractivity contribution in [3.63, 3.8) is 0 Å². The van der Waals surface area contributed by atoms with Crippen molar-refractivity contribution >= 4 is 33.3 Å². The average Bonchev–Trinajstić information content (AvgIpc) is 2.88. The van der Waals surface area contributed by atoms with Crippen LogP contribution in [0, 0.1) is 19.8 Å². The first-order chi connectivity index (χ1) is 12.1. The molecule has 1 heterocycles. The Morgan fingerprint density at radius 1 is 1.27 bits per heavy atom. The quantitative estimate of drug-likeness (QED) is 0.730. The molecule has 2 rings (SSSR count). The monoisotopic (exact) mass is 402 g/mol. The van der Waals surface area contributed by atoms with Gasteiger partial charge in [-0.25, -0.2) is 8.42 Å². The second kappa shape index (κ2) is 8.26. The molecule has 1 fully saturated rings. The van der Waals surface area contributed by atoms with E-state index >= 15 is 0 Å². The largest absolute Gasteiger partial charge is 0.481 e. The number of aryl methyl sites for hydroxylation is 2. The Hall–Kier alpha value is -1.80. The number of carbonyl (C=O) groups excluding carboxylic acids is 2. The maximum Gasteiger partial charge on any atom is 0.279 e. The van der Waals surface area contributed by atoms with Crippen molar-refractivity contribution in [1.29, 1.82) is 0 Å². The first kappa shape index (κ1) is 20.5. The molecule has 1 aliphatic rings. The molecule has 2 atom stereocenters. The third-order valence-electron chi connectivity index (χ3n) is 4.22. The van der Waals surface area contributed by atoms with Gasteiger partial charge in [0.25, 0.3) is 5.91 Å². The molecule has 7 nitrogen and oxygen atoms in total. The molecule has 0 unspecified atom stereocenters. The molecule has 0 aromatic heterocycles. The van der Waals surface area contributed by atoms with Gasteiger partial charge in [-0.15, -0.1) is 0 Å². The number of halogens is 1. The molecule has 2 N–H and O–H groups in total. The lowest BCUT2D eigenvalue weighted by Gasteiger charge is -2.17. The number of hydrazine groups is 1. The summed E-state index contributed by atoms with van der Waals surface area (Å²) in [5, 5.41) is 0.649. The van der Waals surface area contributed by atoms with E-state index in [1.165, 1.54) is 0 Å². The van der Waals surface area contributed by atoms with Crippen molar-refractivity contribution in [2.24, 2.45) is 5.92 Å². The molecule has 0 bridgehead atoms. The van der Waals surface area contributed by atoms with Crippen molar-refractivity contribution in [2.45, 2.75) is 39.7 Å². The number of rotatable bonds is 5. The molecular weight excluding hydrogens is 380 g/mol. The highest BCUT2D eigenvalue weighted by molar-refractivity contribution is 7.91. The molecule has 0 radical (unpaired) electrons. The van der Waals surface area contributed by atoms with Gasteiger partial charge in [0.1, 0.15) is 5.75 Å². The fourth-order valence-corrected chi connectivity index (χ4v) is 4.78. The highest BCUT2D eigenvalue weighted by Gasteiger charge is 2.29. The Kier molecular flexibility index (Phi) is 6.52. The van der Waals surface area contributed by atoms with Crippen molar-refractivity contribution < 1.29 is 22.7 Å². The summed E-state index contributed by atoms with van der Waals surface area (Å²) >= 11 is 6.10. The molecule has 26 heavy (non-hydrogen) atoms. The van der Waals surface area contributed by atoms with E-state index in [9.17, 15) is 18.0 Å². The van der Waals surface area contributed by atoms with E-state index in [1.54, 1.807) is 19.1 Å². The minimum atomic E-state index is -3.03. The van der Waals surface area contributed by atoms with E-state index in [0.29, 0.717) is 17.2 Å². The van der Waals surface area contributed by atoms with Gasteiger partial charge in [0.2, 0.25) is 5.91 Å². The molecule has 0 saturated carbocycles. The molecule has 9 heteroatoms. The van der Waals surface area contributed by atoms with Crippen LogP contribution < -0.4 is 15.6 Å². The first-order valence-corrected chi connectivity index (χ1v) is 10.5. The molecule has 1 aliphatic heterocycles. The van der Waals surface area contributed by atoms with Crippen LogP contribution in [0.3, 0.4) is 0 Å². The Bertz CT molecular complexity index is 786. The van der Waals surface area contributed by atoms with Crippen LogP contribution in [-0.2, 0) is 19.4 Å². The summed E-state index contributed by atoms with van der Waals surface area (Å²) in [6.07, 6.45) is -0.301. The number of hydrogen-bond donors (Lipinski definition) is 2. The van der Waals surface area contributed by atoms with Crippen LogP contribution in [0.15, 0.2) is 12.1 Å². The maximum atomic E-state index is 12.1. The lowest BCUT2D eigenvalue weighted by atomic mass is 10.1. The predicted molar refractivity (Wildman–Crippen MR) is 98.7 cm³/mol. The van der Waals surface area contributed by atoms with E-state index in [-0.39, 0.29) is 23.8 Å². The van der Waals surface area contributed by atoms with Crippen molar-refractivity contribution in [2.75, 3.05) is 11.5 Å². The molecule has 0 spiro atoms. The minimum absolute atomic E-state index is 0.0170.